The smallest absolute Gasteiger partial charge is 0.277 e. The molecule has 1 fully saturated rings. The minimum Gasteiger partial charge on any atom is -0.372 e. The summed E-state index contributed by atoms with van der Waals surface area (Å²) >= 11 is 0. The first-order chi connectivity index (χ1) is 16.3. The van der Waals surface area contributed by atoms with Crippen molar-refractivity contribution >= 4 is 28.3 Å². The lowest BCUT2D eigenvalue weighted by Gasteiger charge is -2.37. The predicted octanol–water partition coefficient (Wildman–Crippen LogP) is 4.22. The number of carbonyl (C=O) groups excluding carboxylic acids is 2. The molecule has 0 saturated carbocycles. The number of morpholine rings is 1. The Bertz CT molecular complexity index is 1300. The van der Waals surface area contributed by atoms with Crippen LogP contribution < -0.4 is 0 Å². The van der Waals surface area contributed by atoms with Crippen LogP contribution in [0.5, 0.6) is 0 Å². The third kappa shape index (κ3) is 3.92. The van der Waals surface area contributed by atoms with E-state index in [2.05, 4.69) is 22.0 Å². The lowest BCUT2D eigenvalue weighted by atomic mass is 9.97. The second-order valence-electron chi connectivity index (χ2n) is 9.58. The SMILES string of the molecule is Cc1ccc(C2=C(N3CC(C)OC(C)C3)C(=O)N(CCc3c[nH]c4ccccc34)C2=O)c(C)c1. The number of benzene rings is 2. The van der Waals surface area contributed by atoms with E-state index >= 15 is 0 Å². The number of amides is 2. The molecule has 5 rings (SSSR count). The number of hydrogen-bond acceptors (Lipinski definition) is 4. The highest BCUT2D eigenvalue weighted by atomic mass is 16.5. The summed E-state index contributed by atoms with van der Waals surface area (Å²) in [6.45, 7) is 9.57. The first-order valence-electron chi connectivity index (χ1n) is 12.0. The third-order valence-corrected chi connectivity index (χ3v) is 6.81. The fraction of sp³-hybridized carbons (Fsp3) is 0.357. The van der Waals surface area contributed by atoms with Gasteiger partial charge in [0.05, 0.1) is 17.8 Å². The molecule has 2 unspecified atom stereocenters. The van der Waals surface area contributed by atoms with Crippen molar-refractivity contribution in [2.24, 2.45) is 0 Å². The van der Waals surface area contributed by atoms with Crippen molar-refractivity contribution in [2.75, 3.05) is 19.6 Å². The van der Waals surface area contributed by atoms with Crippen LogP contribution >= 0.6 is 0 Å². The monoisotopic (exact) mass is 457 g/mol. The van der Waals surface area contributed by atoms with Crippen molar-refractivity contribution in [1.82, 2.24) is 14.8 Å². The predicted molar refractivity (Wildman–Crippen MR) is 133 cm³/mol. The molecule has 0 radical (unpaired) electrons. The van der Waals surface area contributed by atoms with Gasteiger partial charge in [-0.05, 0) is 56.9 Å². The van der Waals surface area contributed by atoms with Crippen molar-refractivity contribution in [2.45, 2.75) is 46.3 Å². The van der Waals surface area contributed by atoms with E-state index in [0.717, 1.165) is 33.2 Å². The van der Waals surface area contributed by atoms with E-state index in [1.54, 1.807) is 0 Å². The molecule has 176 valence electrons. The minimum atomic E-state index is -0.210. The molecule has 2 atom stereocenters. The Morgan fingerprint density at radius 1 is 1.00 bits per heavy atom. The average molecular weight is 458 g/mol. The molecule has 0 spiro atoms. The molecular formula is C28H31N3O3. The molecule has 6 nitrogen and oxygen atoms in total. The lowest BCUT2D eigenvalue weighted by Crippen LogP contribution is -2.47. The highest BCUT2D eigenvalue weighted by Crippen LogP contribution is 2.35. The molecule has 3 aromatic rings. The fourth-order valence-electron chi connectivity index (χ4n) is 5.33. The molecule has 2 amide bonds. The van der Waals surface area contributed by atoms with Gasteiger partial charge in [0.15, 0.2) is 0 Å². The normalized spacial score (nSPS) is 21.3. The molecule has 2 aromatic carbocycles. The number of aromatic nitrogens is 1. The number of hydrogen-bond donors (Lipinski definition) is 1. The maximum absolute atomic E-state index is 13.8. The van der Waals surface area contributed by atoms with Crippen LogP contribution in [-0.4, -0.2) is 58.4 Å². The molecule has 3 heterocycles. The summed E-state index contributed by atoms with van der Waals surface area (Å²) < 4.78 is 5.91. The van der Waals surface area contributed by atoms with Crippen LogP contribution in [-0.2, 0) is 20.7 Å². The van der Waals surface area contributed by atoms with Gasteiger partial charge in [0.2, 0.25) is 0 Å². The summed E-state index contributed by atoms with van der Waals surface area (Å²) in [6.07, 6.45) is 2.55. The third-order valence-electron chi connectivity index (χ3n) is 6.81. The summed E-state index contributed by atoms with van der Waals surface area (Å²) in [4.78, 5) is 34.3. The van der Waals surface area contributed by atoms with Crippen LogP contribution in [0, 0.1) is 13.8 Å². The largest absolute Gasteiger partial charge is 0.372 e. The standard InChI is InChI=1S/C28H31N3O3/c1-17-9-10-22(18(2)13-17)25-26(30-15-19(3)34-20(4)16-30)28(33)31(27(25)32)12-11-21-14-29-24-8-6-5-7-23(21)24/h5-10,13-14,19-20,29H,11-12,15-16H2,1-4H3. The topological polar surface area (TPSA) is 65.6 Å². The van der Waals surface area contributed by atoms with Crippen LogP contribution in [0.25, 0.3) is 16.5 Å². The molecule has 1 aromatic heterocycles. The molecule has 6 heteroatoms. The van der Waals surface area contributed by atoms with Crippen molar-refractivity contribution in [3.63, 3.8) is 0 Å². The number of para-hydroxylation sites is 1. The van der Waals surface area contributed by atoms with Gasteiger partial charge in [0, 0.05) is 36.7 Å². The summed E-state index contributed by atoms with van der Waals surface area (Å²) in [7, 11) is 0. The van der Waals surface area contributed by atoms with E-state index in [-0.39, 0.29) is 24.0 Å². The molecule has 1 N–H and O–H groups in total. The highest BCUT2D eigenvalue weighted by Gasteiger charge is 2.43. The number of carbonyl (C=O) groups is 2. The van der Waals surface area contributed by atoms with E-state index in [1.807, 2.05) is 64.2 Å². The maximum Gasteiger partial charge on any atom is 0.277 e. The van der Waals surface area contributed by atoms with Gasteiger partial charge < -0.3 is 14.6 Å². The van der Waals surface area contributed by atoms with E-state index in [0.29, 0.717) is 37.3 Å². The van der Waals surface area contributed by atoms with Gasteiger partial charge in [0.1, 0.15) is 5.70 Å². The first-order valence-corrected chi connectivity index (χ1v) is 12.0. The number of ether oxygens (including phenoxy) is 1. The van der Waals surface area contributed by atoms with Crippen LogP contribution in [0.4, 0.5) is 0 Å². The van der Waals surface area contributed by atoms with Gasteiger partial charge in [0.25, 0.3) is 11.8 Å². The molecule has 34 heavy (non-hydrogen) atoms. The highest BCUT2D eigenvalue weighted by molar-refractivity contribution is 6.35. The molecule has 0 bridgehead atoms. The quantitative estimate of drug-likeness (QED) is 0.583. The summed E-state index contributed by atoms with van der Waals surface area (Å²) in [5.74, 6) is -0.417. The van der Waals surface area contributed by atoms with Gasteiger partial charge in [-0.1, -0.05) is 42.0 Å². The lowest BCUT2D eigenvalue weighted by molar-refractivity contribution is -0.138. The van der Waals surface area contributed by atoms with Crippen molar-refractivity contribution in [3.8, 4) is 0 Å². The number of rotatable bonds is 5. The molecule has 1 saturated heterocycles. The second kappa shape index (κ2) is 8.76. The Morgan fingerprint density at radius 3 is 2.47 bits per heavy atom. The zero-order valence-corrected chi connectivity index (χ0v) is 20.2. The van der Waals surface area contributed by atoms with Crippen LogP contribution in [0.3, 0.4) is 0 Å². The Hall–Kier alpha value is -3.38. The second-order valence-corrected chi connectivity index (χ2v) is 9.58. The average Bonchev–Trinajstić information content (AvgIpc) is 3.30. The van der Waals surface area contributed by atoms with E-state index in [1.165, 1.54) is 4.90 Å². The number of fused-ring (bicyclic) bond motifs is 1. The van der Waals surface area contributed by atoms with Gasteiger partial charge in [-0.3, -0.25) is 14.5 Å². The summed E-state index contributed by atoms with van der Waals surface area (Å²) in [5.41, 5.74) is 6.15. The number of H-pyrrole nitrogens is 1. The van der Waals surface area contributed by atoms with E-state index in [9.17, 15) is 9.59 Å². The molecule has 2 aliphatic rings. The van der Waals surface area contributed by atoms with Crippen molar-refractivity contribution < 1.29 is 14.3 Å². The first kappa shape index (κ1) is 22.4. The summed E-state index contributed by atoms with van der Waals surface area (Å²) in [5, 5.41) is 1.13. The number of nitrogens with zero attached hydrogens (tertiary/aromatic N) is 2. The Labute approximate surface area is 200 Å². The Morgan fingerprint density at radius 2 is 1.74 bits per heavy atom. The van der Waals surface area contributed by atoms with Crippen molar-refractivity contribution in [1.29, 1.82) is 0 Å². The number of imide groups is 1. The fourth-order valence-corrected chi connectivity index (χ4v) is 5.33. The van der Waals surface area contributed by atoms with Crippen LogP contribution in [0.15, 0.2) is 54.4 Å². The number of aromatic amines is 1. The Kier molecular flexibility index (Phi) is 5.78. The minimum absolute atomic E-state index is 0.0141. The number of nitrogens with one attached hydrogen (secondary N) is 1. The van der Waals surface area contributed by atoms with Crippen LogP contribution in [0.2, 0.25) is 0 Å². The molecule has 2 aliphatic heterocycles. The van der Waals surface area contributed by atoms with Gasteiger partial charge in [-0.25, -0.2) is 0 Å². The summed E-state index contributed by atoms with van der Waals surface area (Å²) in [6, 6.07) is 14.1. The number of aryl methyl sites for hydroxylation is 2. The van der Waals surface area contributed by atoms with Crippen molar-refractivity contribution in [3.05, 3.63) is 76.6 Å². The zero-order chi connectivity index (χ0) is 24.0. The maximum atomic E-state index is 13.8. The molecular weight excluding hydrogens is 426 g/mol. The Balaban J connectivity index is 1.50. The van der Waals surface area contributed by atoms with E-state index in [4.69, 9.17) is 4.74 Å². The van der Waals surface area contributed by atoms with Gasteiger partial charge >= 0.3 is 0 Å². The zero-order valence-electron chi connectivity index (χ0n) is 20.2. The van der Waals surface area contributed by atoms with Crippen LogP contribution in [0.1, 0.15) is 36.1 Å². The van der Waals surface area contributed by atoms with E-state index < -0.39 is 0 Å². The van der Waals surface area contributed by atoms with Gasteiger partial charge in [-0.2, -0.15) is 0 Å². The van der Waals surface area contributed by atoms with Gasteiger partial charge in [-0.15, -0.1) is 0 Å². The molecule has 0 aliphatic carbocycles.